The van der Waals surface area contributed by atoms with Gasteiger partial charge in [0.1, 0.15) is 7.22 Å². The number of carbonyl (C=O) groups is 1. The molecule has 0 aromatic heterocycles. The lowest BCUT2D eigenvalue weighted by Gasteiger charge is -2.16. The molecule has 1 aromatic carbocycles. The van der Waals surface area contributed by atoms with E-state index < -0.39 is 7.22 Å². The third-order valence-corrected chi connectivity index (χ3v) is 5.39. The lowest BCUT2D eigenvalue weighted by Crippen LogP contribution is -2.15. The van der Waals surface area contributed by atoms with Crippen molar-refractivity contribution in [1.29, 1.82) is 0 Å². The van der Waals surface area contributed by atoms with Gasteiger partial charge in [0.25, 0.3) is 0 Å². The third kappa shape index (κ3) is 3.72. The Morgan fingerprint density at radius 3 is 2.40 bits per heavy atom. The predicted molar refractivity (Wildman–Crippen MR) is 67.0 cm³/mol. The molecule has 0 bridgehead atoms. The molecule has 15 heavy (non-hydrogen) atoms. The Morgan fingerprint density at radius 2 is 1.87 bits per heavy atom. The van der Waals surface area contributed by atoms with E-state index in [1.54, 1.807) is 0 Å². The number of ether oxygens (including phenoxy) is 1. The van der Waals surface area contributed by atoms with Crippen LogP contribution >= 0.6 is 11.2 Å². The molecule has 1 aromatic rings. The normalized spacial score (nSPS) is 11.2. The highest BCUT2D eigenvalue weighted by Gasteiger charge is 2.19. The first-order chi connectivity index (χ1) is 6.94. The first-order valence-electron chi connectivity index (χ1n) is 4.80. The summed E-state index contributed by atoms with van der Waals surface area (Å²) in [6, 6.07) is 7.61. The van der Waals surface area contributed by atoms with Crippen molar-refractivity contribution in [3.63, 3.8) is 0 Å². The van der Waals surface area contributed by atoms with E-state index in [-0.39, 0.29) is 5.97 Å². The summed E-state index contributed by atoms with van der Waals surface area (Å²) in [6.45, 7) is 6.77. The molecule has 0 spiro atoms. The fraction of sp³-hybridized carbons (Fsp3) is 0.364. The zero-order chi connectivity index (χ0) is 11.5. The molecule has 0 saturated carbocycles. The fourth-order valence-corrected chi connectivity index (χ4v) is 4.74. The molecule has 0 saturated heterocycles. The zero-order valence-electron chi connectivity index (χ0n) is 9.53. The molecule has 4 heteroatoms. The van der Waals surface area contributed by atoms with Crippen molar-refractivity contribution >= 4 is 24.4 Å². The van der Waals surface area contributed by atoms with Gasteiger partial charge in [0.2, 0.25) is 0 Å². The zero-order valence-corrected chi connectivity index (χ0v) is 11.4. The maximum Gasteiger partial charge on any atom is 0.338 e. The van der Waals surface area contributed by atoms with Gasteiger partial charge in [-0.25, -0.2) is 4.79 Å². The van der Waals surface area contributed by atoms with Crippen molar-refractivity contribution in [2.24, 2.45) is 0 Å². The maximum atomic E-state index is 11.5. The quantitative estimate of drug-likeness (QED) is 0.598. The molecule has 0 atom stereocenters. The minimum absolute atomic E-state index is 0.253. The van der Waals surface area contributed by atoms with E-state index in [0.29, 0.717) is 5.56 Å². The molecular formula is C11H16O2SSi. The average Bonchev–Trinajstić information content (AvgIpc) is 2.15. The Hall–Kier alpha value is -0.743. The summed E-state index contributed by atoms with van der Waals surface area (Å²) in [5.41, 5.74) is 0.674. The van der Waals surface area contributed by atoms with Crippen LogP contribution in [0.2, 0.25) is 19.6 Å². The van der Waals surface area contributed by atoms with E-state index in [4.69, 9.17) is 4.74 Å². The van der Waals surface area contributed by atoms with Crippen LogP contribution in [0.3, 0.4) is 0 Å². The van der Waals surface area contributed by atoms with E-state index in [9.17, 15) is 4.79 Å². The van der Waals surface area contributed by atoms with Gasteiger partial charge < -0.3 is 4.74 Å². The van der Waals surface area contributed by atoms with Gasteiger partial charge in [-0.1, -0.05) is 31.8 Å². The Labute approximate surface area is 95.7 Å². The molecule has 82 valence electrons. The van der Waals surface area contributed by atoms with E-state index >= 15 is 0 Å². The highest BCUT2D eigenvalue weighted by Crippen LogP contribution is 2.31. The van der Waals surface area contributed by atoms with Crippen LogP contribution in [0.1, 0.15) is 10.4 Å². The van der Waals surface area contributed by atoms with Gasteiger partial charge in [0, 0.05) is 4.90 Å². The average molecular weight is 240 g/mol. The Bertz CT molecular complexity index is 358. The van der Waals surface area contributed by atoms with Gasteiger partial charge in [-0.05, 0) is 12.1 Å². The van der Waals surface area contributed by atoms with Crippen LogP contribution in [0, 0.1) is 0 Å². The Kier molecular flexibility index (Phi) is 3.99. The summed E-state index contributed by atoms with van der Waals surface area (Å²) in [6.07, 6.45) is 0. The fourth-order valence-electron chi connectivity index (χ4n) is 1.16. The number of esters is 1. The largest absolute Gasteiger partial charge is 0.465 e. The van der Waals surface area contributed by atoms with Gasteiger partial charge in [-0.2, -0.15) is 11.2 Å². The topological polar surface area (TPSA) is 26.3 Å². The van der Waals surface area contributed by atoms with Gasteiger partial charge >= 0.3 is 5.97 Å². The molecule has 0 aliphatic carbocycles. The smallest absolute Gasteiger partial charge is 0.338 e. The molecule has 0 radical (unpaired) electrons. The summed E-state index contributed by atoms with van der Waals surface area (Å²) in [5, 5.41) is 0. The van der Waals surface area contributed by atoms with Crippen molar-refractivity contribution in [2.75, 3.05) is 7.11 Å². The van der Waals surface area contributed by atoms with Crippen molar-refractivity contribution in [3.8, 4) is 0 Å². The van der Waals surface area contributed by atoms with Crippen LogP contribution in [0.25, 0.3) is 0 Å². The third-order valence-electron chi connectivity index (χ3n) is 1.71. The molecule has 0 unspecified atom stereocenters. The Morgan fingerprint density at radius 1 is 1.27 bits per heavy atom. The minimum Gasteiger partial charge on any atom is -0.465 e. The maximum absolute atomic E-state index is 11.5. The number of rotatable bonds is 3. The van der Waals surface area contributed by atoms with E-state index in [2.05, 4.69) is 19.6 Å². The van der Waals surface area contributed by atoms with E-state index in [1.807, 2.05) is 35.5 Å². The SMILES string of the molecule is COC(=O)c1ccccc1S[Si](C)(C)C. The van der Waals surface area contributed by atoms with E-state index in [0.717, 1.165) is 4.90 Å². The summed E-state index contributed by atoms with van der Waals surface area (Å²) in [4.78, 5) is 12.5. The Balaban J connectivity index is 3.02. The lowest BCUT2D eigenvalue weighted by molar-refractivity contribution is 0.0597. The number of hydrogen-bond acceptors (Lipinski definition) is 3. The van der Waals surface area contributed by atoms with Gasteiger partial charge in [0.15, 0.2) is 0 Å². The summed E-state index contributed by atoms with van der Waals surface area (Å²) in [7, 11) is 0.136. The van der Waals surface area contributed by atoms with Gasteiger partial charge in [-0.15, -0.1) is 0 Å². The number of hydrogen-bond donors (Lipinski definition) is 0. The molecule has 0 amide bonds. The van der Waals surface area contributed by atoms with Gasteiger partial charge in [-0.3, -0.25) is 0 Å². The molecule has 0 aliphatic rings. The van der Waals surface area contributed by atoms with E-state index in [1.165, 1.54) is 7.11 Å². The summed E-state index contributed by atoms with van der Waals surface area (Å²) >= 11 is 1.81. The molecule has 0 fully saturated rings. The van der Waals surface area contributed by atoms with Crippen LogP contribution in [-0.2, 0) is 4.74 Å². The van der Waals surface area contributed by atoms with Crippen LogP contribution in [0.5, 0.6) is 0 Å². The van der Waals surface area contributed by atoms with Crippen LogP contribution in [0.15, 0.2) is 29.2 Å². The standard InChI is InChI=1S/C11H16O2SSi/c1-13-11(12)9-7-5-6-8-10(9)14-15(2,3)4/h5-8H,1-4H3. The second-order valence-electron chi connectivity index (χ2n) is 4.20. The molecule has 0 heterocycles. The molecule has 1 rings (SSSR count). The van der Waals surface area contributed by atoms with Crippen LogP contribution in [-0.4, -0.2) is 20.3 Å². The molecule has 0 N–H and O–H groups in total. The molecule has 0 aliphatic heterocycles. The highest BCUT2D eigenvalue weighted by molar-refractivity contribution is 8.28. The second-order valence-corrected chi connectivity index (χ2v) is 13.4. The van der Waals surface area contributed by atoms with Crippen molar-refractivity contribution in [2.45, 2.75) is 24.5 Å². The number of methoxy groups -OCH3 is 1. The van der Waals surface area contributed by atoms with Gasteiger partial charge in [0.05, 0.1) is 12.7 Å². The van der Waals surface area contributed by atoms with Crippen molar-refractivity contribution < 1.29 is 9.53 Å². The van der Waals surface area contributed by atoms with Crippen LogP contribution < -0.4 is 0 Å². The first kappa shape index (κ1) is 12.3. The second kappa shape index (κ2) is 4.85. The van der Waals surface area contributed by atoms with Crippen molar-refractivity contribution in [1.82, 2.24) is 0 Å². The lowest BCUT2D eigenvalue weighted by atomic mass is 10.2. The highest BCUT2D eigenvalue weighted by atomic mass is 32.4. The summed E-state index contributed by atoms with van der Waals surface area (Å²) < 4.78 is 4.75. The molecule has 2 nitrogen and oxygen atoms in total. The number of carbonyl (C=O) groups excluding carboxylic acids is 1. The van der Waals surface area contributed by atoms with Crippen molar-refractivity contribution in [3.05, 3.63) is 29.8 Å². The number of benzene rings is 1. The molecular weight excluding hydrogens is 224 g/mol. The first-order valence-corrected chi connectivity index (χ1v) is 9.84. The monoisotopic (exact) mass is 240 g/mol. The predicted octanol–water partition coefficient (Wildman–Crippen LogP) is 3.40. The minimum atomic E-state index is -1.28. The van der Waals surface area contributed by atoms with Crippen LogP contribution in [0.4, 0.5) is 0 Å². The summed E-state index contributed by atoms with van der Waals surface area (Å²) in [5.74, 6) is -0.253.